The SMILES string of the molecule is CCN(CC)c1c(C(=O)C2C=Cc3ccccc3O2)c2ccccc2oc1=O. The Morgan fingerprint density at radius 2 is 1.75 bits per heavy atom. The van der Waals surface area contributed by atoms with E-state index >= 15 is 0 Å². The summed E-state index contributed by atoms with van der Waals surface area (Å²) in [5.74, 6) is 0.400. The highest BCUT2D eigenvalue weighted by molar-refractivity contribution is 6.14. The van der Waals surface area contributed by atoms with E-state index in [4.69, 9.17) is 9.15 Å². The minimum atomic E-state index is -0.797. The Bertz CT molecular complexity index is 1120. The lowest BCUT2D eigenvalue weighted by Gasteiger charge is -2.25. The molecule has 2 heterocycles. The van der Waals surface area contributed by atoms with Gasteiger partial charge in [0.15, 0.2) is 6.10 Å². The molecule has 0 radical (unpaired) electrons. The molecule has 0 spiro atoms. The van der Waals surface area contributed by atoms with Crippen LogP contribution in [0, 0.1) is 0 Å². The number of fused-ring (bicyclic) bond motifs is 2. The molecule has 0 fully saturated rings. The Hall–Kier alpha value is -3.34. The Morgan fingerprint density at radius 3 is 2.54 bits per heavy atom. The number of carbonyl (C=O) groups excluding carboxylic acids is 1. The molecule has 28 heavy (non-hydrogen) atoms. The number of benzene rings is 2. The second-order valence-electron chi connectivity index (χ2n) is 6.58. The number of rotatable bonds is 5. The fourth-order valence-corrected chi connectivity index (χ4v) is 3.59. The van der Waals surface area contributed by atoms with Crippen LogP contribution >= 0.6 is 0 Å². The lowest BCUT2D eigenvalue weighted by atomic mass is 9.97. The Labute approximate surface area is 162 Å². The van der Waals surface area contributed by atoms with Crippen molar-refractivity contribution < 1.29 is 13.9 Å². The van der Waals surface area contributed by atoms with E-state index < -0.39 is 11.7 Å². The molecule has 0 amide bonds. The van der Waals surface area contributed by atoms with E-state index in [1.165, 1.54) is 0 Å². The zero-order chi connectivity index (χ0) is 19.7. The predicted molar refractivity (Wildman–Crippen MR) is 110 cm³/mol. The molecule has 0 saturated heterocycles. The van der Waals surface area contributed by atoms with Gasteiger partial charge in [0, 0.05) is 24.0 Å². The molecule has 0 saturated carbocycles. The number of nitrogens with zero attached hydrogens (tertiary/aromatic N) is 1. The molecule has 1 aliphatic rings. The van der Waals surface area contributed by atoms with E-state index in [0.717, 1.165) is 5.56 Å². The van der Waals surface area contributed by atoms with Crippen LogP contribution in [0.1, 0.15) is 29.8 Å². The van der Waals surface area contributed by atoms with E-state index in [-0.39, 0.29) is 5.78 Å². The van der Waals surface area contributed by atoms with Crippen LogP contribution in [0.25, 0.3) is 17.0 Å². The maximum absolute atomic E-state index is 13.5. The summed E-state index contributed by atoms with van der Waals surface area (Å²) < 4.78 is 11.5. The maximum atomic E-state index is 13.5. The first-order chi connectivity index (χ1) is 13.6. The molecule has 5 heteroatoms. The monoisotopic (exact) mass is 375 g/mol. The second-order valence-corrected chi connectivity index (χ2v) is 6.58. The van der Waals surface area contributed by atoms with Crippen molar-refractivity contribution in [3.05, 3.63) is 76.2 Å². The van der Waals surface area contributed by atoms with Crippen molar-refractivity contribution >= 4 is 28.5 Å². The lowest BCUT2D eigenvalue weighted by molar-refractivity contribution is 0.0851. The molecule has 0 aliphatic carbocycles. The van der Waals surface area contributed by atoms with Crippen molar-refractivity contribution in [1.82, 2.24) is 0 Å². The third-order valence-corrected chi connectivity index (χ3v) is 5.00. The van der Waals surface area contributed by atoms with Gasteiger partial charge in [-0.3, -0.25) is 4.79 Å². The summed E-state index contributed by atoms with van der Waals surface area (Å²) in [4.78, 5) is 28.2. The highest BCUT2D eigenvalue weighted by Crippen LogP contribution is 2.31. The van der Waals surface area contributed by atoms with E-state index in [2.05, 4.69) is 0 Å². The van der Waals surface area contributed by atoms with Crippen LogP contribution < -0.4 is 15.3 Å². The zero-order valence-corrected chi connectivity index (χ0v) is 15.8. The van der Waals surface area contributed by atoms with Gasteiger partial charge < -0.3 is 14.1 Å². The van der Waals surface area contributed by atoms with Gasteiger partial charge in [0.05, 0.1) is 5.56 Å². The maximum Gasteiger partial charge on any atom is 0.360 e. The van der Waals surface area contributed by atoms with E-state index in [0.29, 0.717) is 41.1 Å². The van der Waals surface area contributed by atoms with Gasteiger partial charge in [0.1, 0.15) is 17.0 Å². The normalized spacial score (nSPS) is 15.1. The van der Waals surface area contributed by atoms with E-state index in [1.807, 2.05) is 55.2 Å². The standard InChI is InChI=1S/C23H21NO4/c1-3-24(4-2)21-20(16-10-6-8-12-18(16)28-23(21)26)22(25)19-14-13-15-9-5-7-11-17(15)27-19/h5-14,19H,3-4H2,1-2H3. The fraction of sp³-hybridized carbons (Fsp3) is 0.217. The van der Waals surface area contributed by atoms with Gasteiger partial charge in [-0.25, -0.2) is 4.79 Å². The molecule has 1 atom stereocenters. The number of hydrogen-bond acceptors (Lipinski definition) is 5. The van der Waals surface area contributed by atoms with Crippen LogP contribution in [0.3, 0.4) is 0 Å². The summed E-state index contributed by atoms with van der Waals surface area (Å²) in [6.45, 7) is 5.06. The number of para-hydroxylation sites is 2. The largest absolute Gasteiger partial charge is 0.478 e. The first-order valence-electron chi connectivity index (χ1n) is 9.43. The molecule has 1 unspecified atom stereocenters. The average molecular weight is 375 g/mol. The predicted octanol–water partition coefficient (Wildman–Crippen LogP) is 4.30. The Kier molecular flexibility index (Phi) is 4.74. The number of ketones is 1. The minimum Gasteiger partial charge on any atom is -0.478 e. The van der Waals surface area contributed by atoms with Crippen LogP contribution in [0.15, 0.2) is 63.8 Å². The molecule has 142 valence electrons. The Morgan fingerprint density at radius 1 is 1.04 bits per heavy atom. The number of ether oxygens (including phenoxy) is 1. The summed E-state index contributed by atoms with van der Waals surface area (Å²) in [7, 11) is 0. The van der Waals surface area contributed by atoms with Crippen LogP contribution in [-0.4, -0.2) is 25.0 Å². The van der Waals surface area contributed by atoms with E-state index in [1.54, 1.807) is 24.3 Å². The van der Waals surface area contributed by atoms with Gasteiger partial charge in [-0.05, 0) is 32.1 Å². The number of anilines is 1. The molecule has 0 N–H and O–H groups in total. The second kappa shape index (κ2) is 7.35. The first kappa shape index (κ1) is 18.0. The fourth-order valence-electron chi connectivity index (χ4n) is 3.59. The van der Waals surface area contributed by atoms with Crippen molar-refractivity contribution in [2.24, 2.45) is 0 Å². The van der Waals surface area contributed by atoms with Gasteiger partial charge >= 0.3 is 5.63 Å². The van der Waals surface area contributed by atoms with Crippen molar-refractivity contribution in [1.29, 1.82) is 0 Å². The molecule has 4 rings (SSSR count). The van der Waals surface area contributed by atoms with Crippen LogP contribution in [0.5, 0.6) is 5.75 Å². The molecule has 1 aromatic heterocycles. The average Bonchev–Trinajstić information content (AvgIpc) is 2.74. The summed E-state index contributed by atoms with van der Waals surface area (Å²) in [5.41, 5.74) is 1.46. The van der Waals surface area contributed by atoms with Crippen LogP contribution in [-0.2, 0) is 0 Å². The van der Waals surface area contributed by atoms with Gasteiger partial charge in [-0.2, -0.15) is 0 Å². The lowest BCUT2D eigenvalue weighted by Crippen LogP contribution is -2.34. The molecule has 2 aromatic carbocycles. The molecular weight excluding hydrogens is 354 g/mol. The summed E-state index contributed by atoms with van der Waals surface area (Å²) in [6.07, 6.45) is 2.82. The van der Waals surface area contributed by atoms with E-state index in [9.17, 15) is 9.59 Å². The number of carbonyl (C=O) groups is 1. The van der Waals surface area contributed by atoms with Gasteiger partial charge in [-0.15, -0.1) is 0 Å². The molecule has 5 nitrogen and oxygen atoms in total. The Balaban J connectivity index is 1.89. The first-order valence-corrected chi connectivity index (χ1v) is 9.43. The topological polar surface area (TPSA) is 59.8 Å². The third kappa shape index (κ3) is 2.99. The molecular formula is C23H21NO4. The van der Waals surface area contributed by atoms with Gasteiger partial charge in [0.25, 0.3) is 0 Å². The smallest absolute Gasteiger partial charge is 0.360 e. The summed E-state index contributed by atoms with van der Waals surface area (Å²) in [6, 6.07) is 14.7. The molecule has 3 aromatic rings. The quantitative estimate of drug-likeness (QED) is 0.492. The molecule has 0 bridgehead atoms. The van der Waals surface area contributed by atoms with Gasteiger partial charge in [0.2, 0.25) is 5.78 Å². The van der Waals surface area contributed by atoms with Gasteiger partial charge in [-0.1, -0.05) is 42.5 Å². The zero-order valence-electron chi connectivity index (χ0n) is 15.8. The minimum absolute atomic E-state index is 0.253. The molecule has 1 aliphatic heterocycles. The summed E-state index contributed by atoms with van der Waals surface area (Å²) in [5, 5.41) is 0.616. The number of Topliss-reactive ketones (excluding diaryl/α,β-unsaturated/α-hetero) is 1. The van der Waals surface area contributed by atoms with Crippen molar-refractivity contribution in [3.63, 3.8) is 0 Å². The summed E-state index contributed by atoms with van der Waals surface area (Å²) >= 11 is 0. The van der Waals surface area contributed by atoms with Crippen molar-refractivity contribution in [3.8, 4) is 5.75 Å². The van der Waals surface area contributed by atoms with Crippen molar-refractivity contribution in [2.75, 3.05) is 18.0 Å². The highest BCUT2D eigenvalue weighted by Gasteiger charge is 2.30. The highest BCUT2D eigenvalue weighted by atomic mass is 16.5. The van der Waals surface area contributed by atoms with Crippen molar-refractivity contribution in [2.45, 2.75) is 20.0 Å². The third-order valence-electron chi connectivity index (χ3n) is 5.00. The van der Waals surface area contributed by atoms with Crippen LogP contribution in [0.2, 0.25) is 0 Å². The van der Waals surface area contributed by atoms with Crippen LogP contribution in [0.4, 0.5) is 5.69 Å². The number of hydrogen-bond donors (Lipinski definition) is 0.